The summed E-state index contributed by atoms with van der Waals surface area (Å²) < 4.78 is 4.83. The minimum Gasteiger partial charge on any atom is -0.480 e. The lowest BCUT2D eigenvalue weighted by atomic mass is 9.78. The molecule has 10 heteroatoms. The molecule has 0 unspecified atom stereocenters. The number of carbonyl (C=O) groups is 2. The Bertz CT molecular complexity index is 410. The molecule has 1 amide bonds. The largest absolute Gasteiger partial charge is 0.480 e. The van der Waals surface area contributed by atoms with Gasteiger partial charge in [-0.25, -0.2) is 0 Å². The first kappa shape index (κ1) is 18.9. The van der Waals surface area contributed by atoms with Gasteiger partial charge in [-0.2, -0.15) is 0 Å². The van der Waals surface area contributed by atoms with Gasteiger partial charge in [-0.3, -0.25) is 9.59 Å². The molecule has 126 valence electrons. The van der Waals surface area contributed by atoms with E-state index in [4.69, 9.17) is 26.3 Å². The molecule has 9 nitrogen and oxygen atoms in total. The van der Waals surface area contributed by atoms with Gasteiger partial charge in [0.2, 0.25) is 5.91 Å². The van der Waals surface area contributed by atoms with Crippen LogP contribution in [0.5, 0.6) is 0 Å². The molecule has 0 aromatic rings. The molecule has 1 fully saturated rings. The maximum atomic E-state index is 12.2. The Balaban J connectivity index is 2.74. The molecule has 1 saturated heterocycles. The van der Waals surface area contributed by atoms with Crippen molar-refractivity contribution in [3.8, 4) is 0 Å². The number of carboxylic acids is 1. The molecule has 3 atom stereocenters. The Morgan fingerprint density at radius 1 is 1.50 bits per heavy atom. The lowest BCUT2D eigenvalue weighted by molar-refractivity contribution is -0.144. The van der Waals surface area contributed by atoms with Gasteiger partial charge in [0, 0.05) is 26.1 Å². The third-order valence-corrected chi connectivity index (χ3v) is 4.01. The van der Waals surface area contributed by atoms with Gasteiger partial charge in [0.25, 0.3) is 0 Å². The van der Waals surface area contributed by atoms with E-state index in [9.17, 15) is 14.7 Å². The van der Waals surface area contributed by atoms with Gasteiger partial charge in [0.05, 0.1) is 6.61 Å². The summed E-state index contributed by atoms with van der Waals surface area (Å²) in [6.45, 7) is 0.104. The SMILES string of the molecule is COC[C@H](N)C(=O)N1C[C@H](CCCB(O)O)[C@](N)(C(=O)O)C1. The van der Waals surface area contributed by atoms with Gasteiger partial charge in [-0.05, 0) is 12.7 Å². The van der Waals surface area contributed by atoms with Gasteiger partial charge in [-0.1, -0.05) is 6.42 Å². The average molecular weight is 317 g/mol. The summed E-state index contributed by atoms with van der Waals surface area (Å²) in [5, 5.41) is 27.1. The Hall–Kier alpha value is -1.20. The van der Waals surface area contributed by atoms with E-state index in [1.807, 2.05) is 0 Å². The molecule has 1 aliphatic rings. The minimum atomic E-state index is -1.55. The molecule has 1 rings (SSSR count). The topological polar surface area (TPSA) is 159 Å². The number of nitrogens with two attached hydrogens (primary N) is 2. The van der Waals surface area contributed by atoms with Crippen molar-refractivity contribution in [2.24, 2.45) is 17.4 Å². The van der Waals surface area contributed by atoms with E-state index in [0.717, 1.165) is 0 Å². The number of rotatable bonds is 8. The van der Waals surface area contributed by atoms with Crippen LogP contribution >= 0.6 is 0 Å². The number of carbonyl (C=O) groups excluding carboxylic acids is 1. The van der Waals surface area contributed by atoms with Crippen LogP contribution in [0.4, 0.5) is 0 Å². The van der Waals surface area contributed by atoms with Crippen molar-refractivity contribution in [2.75, 3.05) is 26.8 Å². The summed E-state index contributed by atoms with van der Waals surface area (Å²) in [7, 11) is -0.0174. The fraction of sp³-hybridized carbons (Fsp3) is 0.833. The zero-order chi connectivity index (χ0) is 16.9. The van der Waals surface area contributed by atoms with Crippen LogP contribution < -0.4 is 11.5 Å². The van der Waals surface area contributed by atoms with Crippen LogP contribution in [0.2, 0.25) is 6.32 Å². The van der Waals surface area contributed by atoms with Crippen molar-refractivity contribution >= 4 is 19.0 Å². The second kappa shape index (κ2) is 7.88. The maximum Gasteiger partial charge on any atom is 0.451 e. The van der Waals surface area contributed by atoms with E-state index >= 15 is 0 Å². The Labute approximate surface area is 129 Å². The van der Waals surface area contributed by atoms with Crippen molar-refractivity contribution in [3.63, 3.8) is 0 Å². The lowest BCUT2D eigenvalue weighted by Gasteiger charge is -2.25. The fourth-order valence-corrected chi connectivity index (χ4v) is 2.73. The van der Waals surface area contributed by atoms with Crippen LogP contribution in [0.3, 0.4) is 0 Å². The number of likely N-dealkylation sites (tertiary alicyclic amines) is 1. The maximum absolute atomic E-state index is 12.2. The van der Waals surface area contributed by atoms with Crippen molar-refractivity contribution in [1.82, 2.24) is 4.90 Å². The normalized spacial score (nSPS) is 26.0. The van der Waals surface area contributed by atoms with E-state index in [2.05, 4.69) is 0 Å². The zero-order valence-electron chi connectivity index (χ0n) is 12.6. The molecule has 1 heterocycles. The Morgan fingerprint density at radius 3 is 2.64 bits per heavy atom. The zero-order valence-corrected chi connectivity index (χ0v) is 12.6. The van der Waals surface area contributed by atoms with E-state index in [1.165, 1.54) is 12.0 Å². The van der Waals surface area contributed by atoms with Gasteiger partial charge in [-0.15, -0.1) is 0 Å². The Morgan fingerprint density at radius 2 is 2.14 bits per heavy atom. The average Bonchev–Trinajstić information content (AvgIpc) is 2.77. The molecule has 0 spiro atoms. The highest BCUT2D eigenvalue weighted by Gasteiger charge is 2.50. The van der Waals surface area contributed by atoms with Gasteiger partial charge in [0.1, 0.15) is 11.6 Å². The highest BCUT2D eigenvalue weighted by molar-refractivity contribution is 6.40. The van der Waals surface area contributed by atoms with Crippen LogP contribution in [0.25, 0.3) is 0 Å². The Kier molecular flexibility index (Phi) is 6.76. The molecule has 0 radical (unpaired) electrons. The quantitative estimate of drug-likeness (QED) is 0.306. The number of aliphatic carboxylic acids is 1. The van der Waals surface area contributed by atoms with E-state index in [1.54, 1.807) is 0 Å². The number of hydrogen-bond donors (Lipinski definition) is 5. The van der Waals surface area contributed by atoms with Crippen molar-refractivity contribution < 1.29 is 29.5 Å². The first-order valence-electron chi connectivity index (χ1n) is 7.14. The van der Waals surface area contributed by atoms with Crippen LogP contribution in [0, 0.1) is 5.92 Å². The highest BCUT2D eigenvalue weighted by atomic mass is 16.5. The number of nitrogens with zero attached hydrogens (tertiary/aromatic N) is 1. The number of methoxy groups -OCH3 is 1. The summed E-state index contributed by atoms with van der Waals surface area (Å²) >= 11 is 0. The molecule has 1 aliphatic heterocycles. The number of carboxylic acid groups (broad SMARTS) is 1. The van der Waals surface area contributed by atoms with Crippen LogP contribution in [0.15, 0.2) is 0 Å². The number of hydrogen-bond acceptors (Lipinski definition) is 7. The van der Waals surface area contributed by atoms with E-state index < -0.39 is 36.5 Å². The second-order valence-electron chi connectivity index (χ2n) is 5.73. The second-order valence-corrected chi connectivity index (χ2v) is 5.73. The predicted molar refractivity (Wildman–Crippen MR) is 78.7 cm³/mol. The summed E-state index contributed by atoms with van der Waals surface area (Å²) in [4.78, 5) is 25.0. The first-order valence-corrected chi connectivity index (χ1v) is 7.14. The summed E-state index contributed by atoms with van der Waals surface area (Å²) in [6.07, 6.45) is 0.910. The summed E-state index contributed by atoms with van der Waals surface area (Å²) in [5.74, 6) is -2.05. The highest BCUT2D eigenvalue weighted by Crippen LogP contribution is 2.30. The smallest absolute Gasteiger partial charge is 0.451 e. The predicted octanol–water partition coefficient (Wildman–Crippen LogP) is -2.55. The van der Waals surface area contributed by atoms with Crippen molar-refractivity contribution in [3.05, 3.63) is 0 Å². The fourth-order valence-electron chi connectivity index (χ4n) is 2.73. The third-order valence-electron chi connectivity index (χ3n) is 4.01. The standard InChI is InChI=1S/C12H24BN3O6/c1-22-6-9(14)10(17)16-5-8(3-2-4-13(20)21)12(15,7-16)11(18)19/h8-9,20-21H,2-7,14-15H2,1H3,(H,18,19)/t8-,9-,12-/m0/s1. The third kappa shape index (κ3) is 4.40. The summed E-state index contributed by atoms with van der Waals surface area (Å²) in [5.41, 5.74) is 10.1. The summed E-state index contributed by atoms with van der Waals surface area (Å²) in [6, 6.07) is -0.860. The number of ether oxygens (including phenoxy) is 1. The van der Waals surface area contributed by atoms with Crippen molar-refractivity contribution in [1.29, 1.82) is 0 Å². The molecular weight excluding hydrogens is 293 g/mol. The first-order chi connectivity index (χ1) is 10.2. The molecular formula is C12H24BN3O6. The molecule has 0 aliphatic carbocycles. The molecule has 0 saturated carbocycles. The van der Waals surface area contributed by atoms with Gasteiger partial charge in [0.15, 0.2) is 0 Å². The lowest BCUT2D eigenvalue weighted by Crippen LogP contribution is -2.55. The van der Waals surface area contributed by atoms with Crippen LogP contribution in [0.1, 0.15) is 12.8 Å². The van der Waals surface area contributed by atoms with Crippen LogP contribution in [-0.2, 0) is 14.3 Å². The van der Waals surface area contributed by atoms with Gasteiger partial charge >= 0.3 is 13.1 Å². The molecule has 0 aromatic carbocycles. The molecule has 22 heavy (non-hydrogen) atoms. The monoisotopic (exact) mass is 317 g/mol. The van der Waals surface area contributed by atoms with Crippen molar-refractivity contribution in [2.45, 2.75) is 30.7 Å². The van der Waals surface area contributed by atoms with E-state index in [0.29, 0.717) is 12.8 Å². The minimum absolute atomic E-state index is 0.0430. The molecule has 0 aromatic heterocycles. The van der Waals surface area contributed by atoms with Crippen LogP contribution in [-0.4, -0.2) is 77.4 Å². The van der Waals surface area contributed by atoms with Gasteiger partial charge < -0.3 is 36.3 Å². The number of amides is 1. The molecule has 0 bridgehead atoms. The van der Waals surface area contributed by atoms with E-state index in [-0.39, 0.29) is 26.0 Å². The molecule has 7 N–H and O–H groups in total.